The van der Waals surface area contributed by atoms with Crippen LogP contribution in [0.4, 0.5) is 0 Å². The van der Waals surface area contributed by atoms with Crippen LogP contribution in [0.2, 0.25) is 0 Å². The van der Waals surface area contributed by atoms with Gasteiger partial charge in [-0.2, -0.15) is 0 Å². The van der Waals surface area contributed by atoms with E-state index in [1.165, 1.54) is 25.7 Å². The molecule has 0 aromatic heterocycles. The highest BCUT2D eigenvalue weighted by Gasteiger charge is 2.43. The lowest BCUT2D eigenvalue weighted by atomic mass is 9.98. The summed E-state index contributed by atoms with van der Waals surface area (Å²) < 4.78 is 0. The third kappa shape index (κ3) is 2.06. The van der Waals surface area contributed by atoms with Crippen molar-refractivity contribution in [1.29, 1.82) is 0 Å². The van der Waals surface area contributed by atoms with E-state index in [1.807, 2.05) is 0 Å². The Morgan fingerprint density at radius 2 is 2.18 bits per heavy atom. The fourth-order valence-corrected chi connectivity index (χ4v) is 1.40. The fraction of sp³-hybridized carbons (Fsp3) is 0.800. The van der Waals surface area contributed by atoms with E-state index >= 15 is 0 Å². The molecule has 0 saturated heterocycles. The van der Waals surface area contributed by atoms with Gasteiger partial charge in [0.25, 0.3) is 0 Å². The Balaban J connectivity index is 2.35. The van der Waals surface area contributed by atoms with Gasteiger partial charge in [-0.15, -0.1) is 0 Å². The van der Waals surface area contributed by atoms with E-state index in [0.29, 0.717) is 11.5 Å². The Hall–Kier alpha value is -0.300. The number of rotatable bonds is 4. The summed E-state index contributed by atoms with van der Waals surface area (Å²) in [7, 11) is 0. The molecule has 0 amide bonds. The van der Waals surface area contributed by atoms with Gasteiger partial charge in [-0.3, -0.25) is 0 Å². The van der Waals surface area contributed by atoms with Crippen molar-refractivity contribution in [2.75, 3.05) is 0 Å². The van der Waals surface area contributed by atoms with E-state index < -0.39 is 0 Å². The molecule has 2 N–H and O–H groups in total. The van der Waals surface area contributed by atoms with Crippen molar-refractivity contribution in [1.82, 2.24) is 0 Å². The van der Waals surface area contributed by atoms with E-state index in [1.54, 1.807) is 0 Å². The summed E-state index contributed by atoms with van der Waals surface area (Å²) in [5, 5.41) is 0. The van der Waals surface area contributed by atoms with Gasteiger partial charge in [0, 0.05) is 11.5 Å². The first-order chi connectivity index (χ1) is 5.21. The maximum absolute atomic E-state index is 5.86. The van der Waals surface area contributed by atoms with Crippen molar-refractivity contribution in [3.05, 3.63) is 12.2 Å². The number of hydrogen-bond donors (Lipinski definition) is 1. The van der Waals surface area contributed by atoms with E-state index in [4.69, 9.17) is 5.73 Å². The molecule has 0 aliphatic heterocycles. The second-order valence-electron chi connectivity index (χ2n) is 3.71. The molecule has 1 rings (SSSR count). The molecular formula is C10H19N. The van der Waals surface area contributed by atoms with Crippen LogP contribution in [-0.2, 0) is 0 Å². The minimum atomic E-state index is 0.343. The minimum absolute atomic E-state index is 0.343. The summed E-state index contributed by atoms with van der Waals surface area (Å²) in [5.41, 5.74) is 6.26. The molecular weight excluding hydrogens is 134 g/mol. The Kier molecular flexibility index (Phi) is 2.72. The first-order valence-corrected chi connectivity index (χ1v) is 4.64. The zero-order chi connectivity index (χ0) is 8.32. The average molecular weight is 153 g/mol. The molecule has 1 heteroatoms. The molecule has 1 atom stereocenters. The van der Waals surface area contributed by atoms with Gasteiger partial charge in [-0.25, -0.2) is 0 Å². The summed E-state index contributed by atoms with van der Waals surface area (Å²) in [6.07, 6.45) is 9.66. The average Bonchev–Trinajstić information content (AvgIpc) is 2.70. The predicted molar refractivity (Wildman–Crippen MR) is 49.4 cm³/mol. The van der Waals surface area contributed by atoms with Gasteiger partial charge in [-0.1, -0.05) is 25.5 Å². The second-order valence-corrected chi connectivity index (χ2v) is 3.71. The topological polar surface area (TPSA) is 26.0 Å². The van der Waals surface area contributed by atoms with Crippen LogP contribution in [0.25, 0.3) is 0 Å². The minimum Gasteiger partial charge on any atom is -0.327 e. The van der Waals surface area contributed by atoms with Crippen molar-refractivity contribution in [3.63, 3.8) is 0 Å². The Morgan fingerprint density at radius 3 is 2.55 bits per heavy atom. The number of unbranched alkanes of at least 4 members (excludes halogenated alkanes) is 1. The highest BCUT2D eigenvalue weighted by molar-refractivity contribution is 5.13. The van der Waals surface area contributed by atoms with Crippen LogP contribution in [0.3, 0.4) is 0 Å². The van der Waals surface area contributed by atoms with Crippen molar-refractivity contribution >= 4 is 0 Å². The molecule has 1 aliphatic carbocycles. The lowest BCUT2D eigenvalue weighted by Crippen LogP contribution is -2.26. The van der Waals surface area contributed by atoms with E-state index in [2.05, 4.69) is 26.0 Å². The normalized spacial score (nSPS) is 23.9. The van der Waals surface area contributed by atoms with Crippen molar-refractivity contribution < 1.29 is 0 Å². The first kappa shape index (κ1) is 8.79. The van der Waals surface area contributed by atoms with Crippen LogP contribution in [0.5, 0.6) is 0 Å². The van der Waals surface area contributed by atoms with Gasteiger partial charge in [-0.05, 0) is 26.2 Å². The molecule has 1 aliphatic rings. The van der Waals surface area contributed by atoms with Gasteiger partial charge in [0.15, 0.2) is 0 Å². The van der Waals surface area contributed by atoms with Crippen molar-refractivity contribution in [3.8, 4) is 0 Å². The molecule has 11 heavy (non-hydrogen) atoms. The van der Waals surface area contributed by atoms with Gasteiger partial charge in [0.1, 0.15) is 0 Å². The highest BCUT2D eigenvalue weighted by Crippen LogP contribution is 2.49. The van der Waals surface area contributed by atoms with Crippen LogP contribution < -0.4 is 5.73 Å². The largest absolute Gasteiger partial charge is 0.327 e. The molecule has 0 radical (unpaired) electrons. The Bertz CT molecular complexity index is 143. The lowest BCUT2D eigenvalue weighted by molar-refractivity contribution is 0.520. The van der Waals surface area contributed by atoms with Gasteiger partial charge < -0.3 is 5.73 Å². The molecule has 0 aromatic carbocycles. The monoisotopic (exact) mass is 153 g/mol. The maximum Gasteiger partial charge on any atom is 0.0102 e. The molecule has 1 fully saturated rings. The molecule has 1 saturated carbocycles. The molecule has 0 aromatic rings. The molecule has 0 heterocycles. The van der Waals surface area contributed by atoms with E-state index in [0.717, 1.165) is 0 Å². The number of allylic oxidation sites excluding steroid dienone is 1. The summed E-state index contributed by atoms with van der Waals surface area (Å²) in [6, 6.07) is 0.343. The lowest BCUT2D eigenvalue weighted by Gasteiger charge is -2.13. The Morgan fingerprint density at radius 1 is 1.55 bits per heavy atom. The van der Waals surface area contributed by atoms with Crippen molar-refractivity contribution in [2.45, 2.75) is 45.6 Å². The van der Waals surface area contributed by atoms with Gasteiger partial charge in [0.2, 0.25) is 0 Å². The summed E-state index contributed by atoms with van der Waals surface area (Å²) >= 11 is 0. The third-order valence-electron chi connectivity index (χ3n) is 2.64. The maximum atomic E-state index is 5.86. The van der Waals surface area contributed by atoms with Crippen LogP contribution >= 0.6 is 0 Å². The molecule has 0 bridgehead atoms. The molecule has 64 valence electrons. The molecule has 1 nitrogen and oxygen atoms in total. The summed E-state index contributed by atoms with van der Waals surface area (Å²) in [4.78, 5) is 0. The number of nitrogens with two attached hydrogens (primary N) is 1. The van der Waals surface area contributed by atoms with Crippen molar-refractivity contribution in [2.24, 2.45) is 11.1 Å². The molecule has 0 spiro atoms. The van der Waals surface area contributed by atoms with Gasteiger partial charge >= 0.3 is 0 Å². The van der Waals surface area contributed by atoms with Gasteiger partial charge in [0.05, 0.1) is 0 Å². The molecule has 1 unspecified atom stereocenters. The predicted octanol–water partition coefficient (Wildman–Crippen LogP) is 2.47. The van der Waals surface area contributed by atoms with Crippen LogP contribution in [-0.4, -0.2) is 6.04 Å². The smallest absolute Gasteiger partial charge is 0.0102 e. The number of hydrogen-bond acceptors (Lipinski definition) is 1. The summed E-state index contributed by atoms with van der Waals surface area (Å²) in [5.74, 6) is 0. The van der Waals surface area contributed by atoms with Crippen LogP contribution in [0, 0.1) is 5.41 Å². The zero-order valence-electron chi connectivity index (χ0n) is 7.64. The Labute approximate surface area is 69.7 Å². The second kappa shape index (κ2) is 3.40. The first-order valence-electron chi connectivity index (χ1n) is 4.64. The van der Waals surface area contributed by atoms with Crippen LogP contribution in [0.1, 0.15) is 39.5 Å². The van der Waals surface area contributed by atoms with E-state index in [-0.39, 0.29) is 0 Å². The van der Waals surface area contributed by atoms with E-state index in [9.17, 15) is 0 Å². The summed E-state index contributed by atoms with van der Waals surface area (Å²) in [6.45, 7) is 4.32. The third-order valence-corrected chi connectivity index (χ3v) is 2.64. The highest BCUT2D eigenvalue weighted by atomic mass is 14.7. The fourth-order valence-electron chi connectivity index (χ4n) is 1.40. The SMILES string of the molecule is CCC/C=C/C1(C(C)N)CC1. The zero-order valence-corrected chi connectivity index (χ0v) is 7.64. The standard InChI is InChI=1S/C10H19N/c1-3-4-5-6-10(7-8-10)9(2)11/h5-6,9H,3-4,7-8,11H2,1-2H3/b6-5+. The quantitative estimate of drug-likeness (QED) is 0.617. The van der Waals surface area contributed by atoms with Crippen LogP contribution in [0.15, 0.2) is 12.2 Å².